The molecule has 0 aromatic heterocycles. The number of nitrogens with one attached hydrogen (secondary N) is 1. The van der Waals surface area contributed by atoms with Crippen LogP contribution in [0.3, 0.4) is 0 Å². The quantitative estimate of drug-likeness (QED) is 0.777. The molecule has 1 saturated carbocycles. The average molecular weight is 250 g/mol. The molecule has 1 heterocycles. The number of likely N-dealkylation sites (tertiary alicyclic amines) is 1. The Kier molecular flexibility index (Phi) is 4.81. The van der Waals surface area contributed by atoms with Gasteiger partial charge in [-0.2, -0.15) is 0 Å². The van der Waals surface area contributed by atoms with Crippen molar-refractivity contribution < 1.29 is 4.79 Å². The Bertz CT molecular complexity index is 293. The van der Waals surface area contributed by atoms with Crippen LogP contribution in [0.2, 0.25) is 0 Å². The smallest absolute Gasteiger partial charge is 0.234 e. The molecule has 1 aliphatic heterocycles. The highest BCUT2D eigenvalue weighted by Gasteiger charge is 2.38. The number of rotatable bonds is 4. The van der Waals surface area contributed by atoms with E-state index in [2.05, 4.69) is 16.8 Å². The van der Waals surface area contributed by atoms with E-state index >= 15 is 0 Å². The summed E-state index contributed by atoms with van der Waals surface area (Å²) >= 11 is 0. The van der Waals surface area contributed by atoms with E-state index in [1.807, 2.05) is 0 Å². The molecule has 1 N–H and O–H groups in total. The van der Waals surface area contributed by atoms with Crippen LogP contribution in [0.15, 0.2) is 12.7 Å². The Morgan fingerprint density at radius 1 is 1.22 bits per heavy atom. The Balaban J connectivity index is 1.79. The molecule has 0 aromatic rings. The number of hydrogen-bond acceptors (Lipinski definition) is 2. The first-order valence-electron chi connectivity index (χ1n) is 7.34. The van der Waals surface area contributed by atoms with Gasteiger partial charge in [0, 0.05) is 13.1 Å². The number of carbonyl (C=O) groups excluding carboxylic acids is 1. The topological polar surface area (TPSA) is 32.3 Å². The fraction of sp³-hybridized carbons (Fsp3) is 0.800. The van der Waals surface area contributed by atoms with Gasteiger partial charge in [-0.1, -0.05) is 31.8 Å². The number of carbonyl (C=O) groups is 1. The fourth-order valence-electron chi connectivity index (χ4n) is 3.49. The van der Waals surface area contributed by atoms with Gasteiger partial charge in [-0.15, -0.1) is 6.58 Å². The van der Waals surface area contributed by atoms with Crippen molar-refractivity contribution in [3.63, 3.8) is 0 Å². The molecular weight excluding hydrogens is 224 g/mol. The molecule has 2 aliphatic rings. The Morgan fingerprint density at radius 3 is 2.61 bits per heavy atom. The maximum Gasteiger partial charge on any atom is 0.234 e. The minimum Gasteiger partial charge on any atom is -0.352 e. The van der Waals surface area contributed by atoms with E-state index in [4.69, 9.17) is 0 Å². The van der Waals surface area contributed by atoms with E-state index in [1.54, 1.807) is 6.08 Å². The zero-order valence-corrected chi connectivity index (χ0v) is 11.4. The summed E-state index contributed by atoms with van der Waals surface area (Å²) < 4.78 is 0. The average Bonchev–Trinajstić information content (AvgIpc) is 2.59. The van der Waals surface area contributed by atoms with Gasteiger partial charge in [0.2, 0.25) is 5.91 Å². The molecule has 2 fully saturated rings. The second-order valence-corrected chi connectivity index (χ2v) is 5.97. The predicted octanol–water partition coefficient (Wildman–Crippen LogP) is 2.33. The lowest BCUT2D eigenvalue weighted by atomic mass is 9.80. The van der Waals surface area contributed by atoms with Crippen molar-refractivity contribution in [1.82, 2.24) is 10.2 Å². The van der Waals surface area contributed by atoms with Gasteiger partial charge in [0.15, 0.2) is 0 Å². The van der Waals surface area contributed by atoms with Crippen LogP contribution in [0.1, 0.15) is 44.9 Å². The van der Waals surface area contributed by atoms with E-state index in [0.717, 1.165) is 13.1 Å². The lowest BCUT2D eigenvalue weighted by Gasteiger charge is -2.27. The highest BCUT2D eigenvalue weighted by molar-refractivity contribution is 5.78. The van der Waals surface area contributed by atoms with Crippen LogP contribution in [-0.2, 0) is 4.79 Å². The Morgan fingerprint density at radius 2 is 1.94 bits per heavy atom. The summed E-state index contributed by atoms with van der Waals surface area (Å²) in [6.45, 7) is 6.99. The van der Waals surface area contributed by atoms with E-state index in [1.165, 1.54) is 44.9 Å². The molecule has 0 atom stereocenters. The van der Waals surface area contributed by atoms with Crippen molar-refractivity contribution in [2.45, 2.75) is 44.9 Å². The highest BCUT2D eigenvalue weighted by atomic mass is 16.2. The zero-order valence-electron chi connectivity index (χ0n) is 11.4. The van der Waals surface area contributed by atoms with Crippen LogP contribution < -0.4 is 5.32 Å². The van der Waals surface area contributed by atoms with Crippen molar-refractivity contribution in [1.29, 1.82) is 0 Å². The summed E-state index contributed by atoms with van der Waals surface area (Å²) in [6, 6.07) is 0. The molecular formula is C15H26N2O. The Hall–Kier alpha value is -0.830. The fourth-order valence-corrected chi connectivity index (χ4v) is 3.49. The summed E-state index contributed by atoms with van der Waals surface area (Å²) in [6.07, 6.45) is 11.3. The van der Waals surface area contributed by atoms with Crippen LogP contribution in [0.4, 0.5) is 0 Å². The molecule has 1 spiro atoms. The number of amides is 1. The van der Waals surface area contributed by atoms with Gasteiger partial charge in [0.1, 0.15) is 0 Å². The maximum atomic E-state index is 11.7. The van der Waals surface area contributed by atoms with Crippen molar-refractivity contribution in [3.05, 3.63) is 12.7 Å². The molecule has 1 amide bonds. The first-order valence-corrected chi connectivity index (χ1v) is 7.34. The second kappa shape index (κ2) is 6.37. The van der Waals surface area contributed by atoms with Crippen LogP contribution in [0, 0.1) is 5.41 Å². The summed E-state index contributed by atoms with van der Waals surface area (Å²) in [4.78, 5) is 14.0. The van der Waals surface area contributed by atoms with Crippen LogP contribution in [0.5, 0.6) is 0 Å². The first-order chi connectivity index (χ1) is 8.74. The van der Waals surface area contributed by atoms with E-state index in [-0.39, 0.29) is 5.91 Å². The first kappa shape index (κ1) is 13.6. The molecule has 0 aromatic carbocycles. The normalized spacial score (nSPS) is 23.8. The van der Waals surface area contributed by atoms with Crippen molar-refractivity contribution in [3.8, 4) is 0 Å². The molecule has 102 valence electrons. The minimum atomic E-state index is 0.139. The number of nitrogens with zero attached hydrogens (tertiary/aromatic N) is 1. The monoisotopic (exact) mass is 250 g/mol. The van der Waals surface area contributed by atoms with Gasteiger partial charge in [0.25, 0.3) is 0 Å². The summed E-state index contributed by atoms with van der Waals surface area (Å²) in [5.74, 6) is 0.139. The molecule has 1 saturated heterocycles. The highest BCUT2D eigenvalue weighted by Crippen LogP contribution is 2.42. The lowest BCUT2D eigenvalue weighted by Crippen LogP contribution is -2.37. The zero-order chi connectivity index (χ0) is 12.8. The third kappa shape index (κ3) is 3.58. The van der Waals surface area contributed by atoms with Gasteiger partial charge in [-0.25, -0.2) is 0 Å². The molecule has 1 aliphatic carbocycles. The molecule has 18 heavy (non-hydrogen) atoms. The second-order valence-electron chi connectivity index (χ2n) is 5.97. The molecule has 3 nitrogen and oxygen atoms in total. The third-order valence-electron chi connectivity index (χ3n) is 4.49. The Labute approximate surface area is 111 Å². The minimum absolute atomic E-state index is 0.139. The number of hydrogen-bond donors (Lipinski definition) is 1. The van der Waals surface area contributed by atoms with Crippen molar-refractivity contribution in [2.24, 2.45) is 5.41 Å². The molecule has 3 heteroatoms. The van der Waals surface area contributed by atoms with E-state index < -0.39 is 0 Å². The van der Waals surface area contributed by atoms with Crippen molar-refractivity contribution >= 4 is 5.91 Å². The standard InChI is InChI=1S/C15H26N2O/c1-2-10-16-14(18)12-17-11-9-15(13-17)7-5-3-4-6-8-15/h2H,1,3-13H2,(H,16,18). The third-order valence-corrected chi connectivity index (χ3v) is 4.49. The largest absolute Gasteiger partial charge is 0.352 e. The SMILES string of the molecule is C=CCNC(=O)CN1CCC2(CCCCCC2)C1. The van der Waals surface area contributed by atoms with Gasteiger partial charge in [-0.05, 0) is 31.2 Å². The van der Waals surface area contributed by atoms with Crippen LogP contribution >= 0.6 is 0 Å². The molecule has 0 radical (unpaired) electrons. The summed E-state index contributed by atoms with van der Waals surface area (Å²) in [5, 5.41) is 2.86. The molecule has 0 bridgehead atoms. The summed E-state index contributed by atoms with van der Waals surface area (Å²) in [5.41, 5.74) is 0.537. The van der Waals surface area contributed by atoms with Gasteiger partial charge in [-0.3, -0.25) is 9.69 Å². The predicted molar refractivity (Wildman–Crippen MR) is 74.4 cm³/mol. The summed E-state index contributed by atoms with van der Waals surface area (Å²) in [7, 11) is 0. The lowest BCUT2D eigenvalue weighted by molar-refractivity contribution is -0.121. The van der Waals surface area contributed by atoms with E-state index in [9.17, 15) is 4.79 Å². The van der Waals surface area contributed by atoms with Crippen LogP contribution in [-0.4, -0.2) is 37.0 Å². The van der Waals surface area contributed by atoms with Gasteiger partial charge >= 0.3 is 0 Å². The molecule has 0 unspecified atom stereocenters. The van der Waals surface area contributed by atoms with Gasteiger partial charge in [0.05, 0.1) is 6.54 Å². The van der Waals surface area contributed by atoms with Crippen molar-refractivity contribution in [2.75, 3.05) is 26.2 Å². The maximum absolute atomic E-state index is 11.7. The molecule has 2 rings (SSSR count). The van der Waals surface area contributed by atoms with E-state index in [0.29, 0.717) is 18.5 Å². The van der Waals surface area contributed by atoms with Gasteiger partial charge < -0.3 is 5.32 Å². The van der Waals surface area contributed by atoms with Crippen LogP contribution in [0.25, 0.3) is 0 Å².